The number of hydrogen-bond acceptors (Lipinski definition) is 3. The van der Waals surface area contributed by atoms with Gasteiger partial charge in [-0.05, 0) is 42.5 Å². The number of carbonyl (C=O) groups is 2. The average molecular weight is 460 g/mol. The largest absolute Gasteiger partial charge is 0.349 e. The molecule has 2 aromatic carbocycles. The summed E-state index contributed by atoms with van der Waals surface area (Å²) in [5.41, 5.74) is 4.96. The Hall–Kier alpha value is -2.92. The fourth-order valence-electron chi connectivity index (χ4n) is 4.99. The van der Waals surface area contributed by atoms with Crippen LogP contribution in [0.2, 0.25) is 0 Å². The van der Waals surface area contributed by atoms with Gasteiger partial charge in [-0.2, -0.15) is 0 Å². The topological polar surface area (TPSA) is 52.7 Å². The van der Waals surface area contributed by atoms with Crippen molar-refractivity contribution >= 4 is 11.8 Å². The fraction of sp³-hybridized carbons (Fsp3) is 0.448. The molecule has 0 radical (unpaired) electrons. The van der Waals surface area contributed by atoms with Crippen molar-refractivity contribution in [2.24, 2.45) is 11.3 Å². The molecule has 0 aromatic heterocycles. The molecule has 2 aromatic rings. The number of amides is 2. The maximum absolute atomic E-state index is 13.2. The van der Waals surface area contributed by atoms with Crippen LogP contribution >= 0.6 is 0 Å². The number of hydrogen-bond donors (Lipinski definition) is 1. The first-order valence-electron chi connectivity index (χ1n) is 12.3. The van der Waals surface area contributed by atoms with E-state index in [9.17, 15) is 9.59 Å². The van der Waals surface area contributed by atoms with Crippen molar-refractivity contribution in [1.29, 1.82) is 0 Å². The van der Waals surface area contributed by atoms with E-state index in [0.29, 0.717) is 5.92 Å². The monoisotopic (exact) mass is 459 g/mol. The van der Waals surface area contributed by atoms with Crippen molar-refractivity contribution in [3.05, 3.63) is 82.6 Å². The third-order valence-corrected chi connectivity index (χ3v) is 7.03. The zero-order chi connectivity index (χ0) is 24.5. The third kappa shape index (κ3) is 5.25. The summed E-state index contributed by atoms with van der Waals surface area (Å²) >= 11 is 0. The van der Waals surface area contributed by atoms with E-state index >= 15 is 0 Å². The summed E-state index contributed by atoms with van der Waals surface area (Å²) < 4.78 is 0. The molecule has 4 rings (SSSR count). The van der Waals surface area contributed by atoms with E-state index in [4.69, 9.17) is 0 Å². The number of rotatable bonds is 6. The molecule has 0 aliphatic carbocycles. The Bertz CT molecular complexity index is 1060. The first-order chi connectivity index (χ1) is 16.1. The molecule has 2 atom stereocenters. The van der Waals surface area contributed by atoms with Crippen molar-refractivity contribution in [3.8, 4) is 0 Å². The summed E-state index contributed by atoms with van der Waals surface area (Å²) in [5.74, 6) is 0.578. The van der Waals surface area contributed by atoms with Gasteiger partial charge in [0, 0.05) is 49.3 Å². The molecule has 180 valence electrons. The summed E-state index contributed by atoms with van der Waals surface area (Å²) in [5, 5.41) is 3.27. The molecule has 34 heavy (non-hydrogen) atoms. The number of aryl methyl sites for hydroxylation is 2. The molecule has 2 heterocycles. The van der Waals surface area contributed by atoms with Gasteiger partial charge in [0.2, 0.25) is 5.91 Å². The second kappa shape index (κ2) is 9.75. The van der Waals surface area contributed by atoms with E-state index in [-0.39, 0.29) is 17.9 Å². The average Bonchev–Trinajstić information content (AvgIpc) is 3.35. The highest BCUT2D eigenvalue weighted by molar-refractivity contribution is 5.98. The molecule has 0 saturated carbocycles. The summed E-state index contributed by atoms with van der Waals surface area (Å²) in [7, 11) is 0. The lowest BCUT2D eigenvalue weighted by atomic mass is 9.94. The summed E-state index contributed by atoms with van der Waals surface area (Å²) in [4.78, 5) is 30.2. The van der Waals surface area contributed by atoms with Crippen molar-refractivity contribution in [2.75, 3.05) is 26.2 Å². The summed E-state index contributed by atoms with van der Waals surface area (Å²) in [6, 6.07) is 16.2. The molecule has 0 bridgehead atoms. The predicted octanol–water partition coefficient (Wildman–Crippen LogP) is 4.87. The summed E-state index contributed by atoms with van der Waals surface area (Å²) in [6.45, 7) is 13.4. The van der Waals surface area contributed by atoms with Gasteiger partial charge >= 0.3 is 0 Å². The molecule has 1 unspecified atom stereocenters. The number of likely N-dealkylation sites (tertiary alicyclic amines) is 1. The zero-order valence-electron chi connectivity index (χ0n) is 21.1. The first-order valence-corrected chi connectivity index (χ1v) is 12.3. The number of nitrogens with one attached hydrogen (secondary N) is 1. The molecule has 1 N–H and O–H groups in total. The molecule has 2 amide bonds. The van der Waals surface area contributed by atoms with Gasteiger partial charge in [-0.1, -0.05) is 69.3 Å². The molecule has 1 fully saturated rings. The zero-order valence-corrected chi connectivity index (χ0v) is 21.1. The molecular formula is C29H37N3O2. The number of benzene rings is 2. The van der Waals surface area contributed by atoms with E-state index in [1.807, 2.05) is 75.9 Å². The van der Waals surface area contributed by atoms with Crippen molar-refractivity contribution < 1.29 is 9.59 Å². The van der Waals surface area contributed by atoms with E-state index < -0.39 is 5.41 Å². The maximum atomic E-state index is 13.2. The number of nitrogens with zero attached hydrogens (tertiary/aromatic N) is 2. The molecule has 0 spiro atoms. The standard InChI is InChI=1S/C29H37N3O2/c1-20-10-9-11-21(2)26(20)27(33)32-18-23-16-31(17-24(23)19-32)15-14-25(22-12-7-6-8-13-22)30-28(34)29(3,4)5/h6-13,18,24-25H,14-17,19H2,1-5H3,(H,30,34)/t24?,25-/m0/s1. The van der Waals surface area contributed by atoms with Crippen LogP contribution in [-0.4, -0.2) is 47.8 Å². The summed E-state index contributed by atoms with van der Waals surface area (Å²) in [6.07, 6.45) is 2.94. The first kappa shape index (κ1) is 24.2. The molecule has 1 saturated heterocycles. The van der Waals surface area contributed by atoms with Crippen LogP contribution in [0.5, 0.6) is 0 Å². The Balaban J connectivity index is 1.39. The van der Waals surface area contributed by atoms with Gasteiger partial charge in [-0.3, -0.25) is 14.5 Å². The maximum Gasteiger partial charge on any atom is 0.258 e. The van der Waals surface area contributed by atoms with E-state index in [2.05, 4.69) is 28.5 Å². The molecule has 2 aliphatic heterocycles. The number of fused-ring (bicyclic) bond motifs is 1. The highest BCUT2D eigenvalue weighted by Gasteiger charge is 2.36. The molecule has 5 heteroatoms. The van der Waals surface area contributed by atoms with Gasteiger partial charge in [0.25, 0.3) is 5.91 Å². The fourth-order valence-corrected chi connectivity index (χ4v) is 4.99. The van der Waals surface area contributed by atoms with Crippen LogP contribution in [0.25, 0.3) is 0 Å². The van der Waals surface area contributed by atoms with E-state index in [0.717, 1.165) is 54.9 Å². The Morgan fingerprint density at radius 3 is 2.29 bits per heavy atom. The van der Waals surface area contributed by atoms with Gasteiger partial charge < -0.3 is 10.2 Å². The highest BCUT2D eigenvalue weighted by Crippen LogP contribution is 2.32. The minimum atomic E-state index is -0.423. The third-order valence-electron chi connectivity index (χ3n) is 7.03. The van der Waals surface area contributed by atoms with Crippen LogP contribution in [0, 0.1) is 25.2 Å². The minimum Gasteiger partial charge on any atom is -0.349 e. The van der Waals surface area contributed by atoms with Crippen molar-refractivity contribution in [1.82, 2.24) is 15.1 Å². The number of carbonyl (C=O) groups excluding carboxylic acids is 2. The smallest absolute Gasteiger partial charge is 0.258 e. The van der Waals surface area contributed by atoms with E-state index in [1.54, 1.807) is 0 Å². The van der Waals surface area contributed by atoms with Crippen LogP contribution in [0.1, 0.15) is 60.3 Å². The Labute approximate surface area is 203 Å². The Morgan fingerprint density at radius 2 is 1.68 bits per heavy atom. The van der Waals surface area contributed by atoms with Crippen molar-refractivity contribution in [3.63, 3.8) is 0 Å². The van der Waals surface area contributed by atoms with Gasteiger partial charge in [0.15, 0.2) is 0 Å². The predicted molar refractivity (Wildman–Crippen MR) is 136 cm³/mol. The SMILES string of the molecule is Cc1cccc(C)c1C(=O)N1C=C2CN(CC[C@H](NC(=O)C(C)(C)C)c3ccccc3)CC2C1. The second-order valence-corrected chi connectivity index (χ2v) is 10.8. The minimum absolute atomic E-state index is 0.00977. The van der Waals surface area contributed by atoms with Gasteiger partial charge in [-0.15, -0.1) is 0 Å². The Morgan fingerprint density at radius 1 is 1.00 bits per heavy atom. The highest BCUT2D eigenvalue weighted by atomic mass is 16.2. The molecular weight excluding hydrogens is 422 g/mol. The van der Waals surface area contributed by atoms with Crippen LogP contribution in [0.4, 0.5) is 0 Å². The van der Waals surface area contributed by atoms with Crippen LogP contribution < -0.4 is 5.32 Å². The lowest BCUT2D eigenvalue weighted by Gasteiger charge is -2.27. The van der Waals surface area contributed by atoms with Gasteiger partial charge in [0.05, 0.1) is 6.04 Å². The normalized spacial score (nSPS) is 19.0. The quantitative estimate of drug-likeness (QED) is 0.671. The second-order valence-electron chi connectivity index (χ2n) is 10.8. The Kier molecular flexibility index (Phi) is 6.94. The van der Waals surface area contributed by atoms with Crippen LogP contribution in [0.15, 0.2) is 60.3 Å². The molecule has 2 aliphatic rings. The van der Waals surface area contributed by atoms with Crippen molar-refractivity contribution in [2.45, 2.75) is 47.1 Å². The lowest BCUT2D eigenvalue weighted by molar-refractivity contribution is -0.129. The van der Waals surface area contributed by atoms with E-state index in [1.165, 1.54) is 5.57 Å². The molecule has 5 nitrogen and oxygen atoms in total. The van der Waals surface area contributed by atoms with Gasteiger partial charge in [0.1, 0.15) is 0 Å². The van der Waals surface area contributed by atoms with Gasteiger partial charge in [-0.25, -0.2) is 0 Å². The van der Waals surface area contributed by atoms with Crippen LogP contribution in [-0.2, 0) is 4.79 Å². The van der Waals surface area contributed by atoms with Crippen LogP contribution in [0.3, 0.4) is 0 Å². The lowest BCUT2D eigenvalue weighted by Crippen LogP contribution is -2.39.